The van der Waals surface area contributed by atoms with Crippen molar-refractivity contribution in [2.24, 2.45) is 7.05 Å². The van der Waals surface area contributed by atoms with Gasteiger partial charge in [-0.1, -0.05) is 0 Å². The molecular weight excluding hydrogens is 609 g/mol. The molecule has 0 spiro atoms. The van der Waals surface area contributed by atoms with E-state index in [2.05, 4.69) is 28.3 Å². The number of aliphatic carboxylic acids is 1. The number of piperidine rings is 1. The minimum absolute atomic E-state index is 0.287. The summed E-state index contributed by atoms with van der Waals surface area (Å²) in [5.74, 6) is -0.465. The van der Waals surface area contributed by atoms with Crippen LogP contribution in [0.5, 0.6) is 5.75 Å². The van der Waals surface area contributed by atoms with E-state index in [1.807, 2.05) is 64.6 Å². The number of carboxylic acid groups (broad SMARTS) is 1. The number of hydrogen-bond acceptors (Lipinski definition) is 7. The molecule has 2 fully saturated rings. The van der Waals surface area contributed by atoms with Gasteiger partial charge < -0.3 is 29.4 Å². The molecule has 4 atom stereocenters. The van der Waals surface area contributed by atoms with Crippen LogP contribution < -0.4 is 10.1 Å². The number of aromatic nitrogens is 3. The van der Waals surface area contributed by atoms with Crippen LogP contribution in [0.1, 0.15) is 81.4 Å². The summed E-state index contributed by atoms with van der Waals surface area (Å²) in [4.78, 5) is 25.1. The molecule has 0 radical (unpaired) electrons. The Labute approximate surface area is 281 Å². The fourth-order valence-corrected chi connectivity index (χ4v) is 8.26. The number of ether oxygens (including phenoxy) is 2. The van der Waals surface area contributed by atoms with Crippen LogP contribution in [0.4, 0.5) is 10.2 Å². The number of halogens is 1. The molecule has 0 saturated carbocycles. The van der Waals surface area contributed by atoms with Crippen LogP contribution in [0.25, 0.3) is 33.4 Å². The Hall–Kier alpha value is -4.02. The highest BCUT2D eigenvalue weighted by molar-refractivity contribution is 6.01. The minimum atomic E-state index is -1.32. The van der Waals surface area contributed by atoms with Crippen molar-refractivity contribution in [1.82, 2.24) is 19.4 Å². The zero-order chi connectivity index (χ0) is 34.1. The predicted octanol–water partition coefficient (Wildman–Crippen LogP) is 7.36. The highest BCUT2D eigenvalue weighted by Crippen LogP contribution is 2.46. The van der Waals surface area contributed by atoms with Crippen molar-refractivity contribution in [3.63, 3.8) is 0 Å². The highest BCUT2D eigenvalue weighted by Gasteiger charge is 2.39. The van der Waals surface area contributed by atoms with Gasteiger partial charge in [0.2, 0.25) is 0 Å². The fourth-order valence-electron chi connectivity index (χ4n) is 8.26. The predicted molar refractivity (Wildman–Crippen MR) is 185 cm³/mol. The van der Waals surface area contributed by atoms with E-state index in [4.69, 9.17) is 14.5 Å². The molecule has 10 heteroatoms. The monoisotopic (exact) mass is 655 g/mol. The van der Waals surface area contributed by atoms with Crippen LogP contribution in [0, 0.1) is 19.7 Å². The first-order valence-electron chi connectivity index (χ1n) is 17.1. The molecule has 9 nitrogen and oxygen atoms in total. The lowest BCUT2D eigenvalue weighted by Crippen LogP contribution is -2.44. The van der Waals surface area contributed by atoms with Crippen LogP contribution in [0.2, 0.25) is 0 Å². The van der Waals surface area contributed by atoms with Crippen LogP contribution in [-0.4, -0.2) is 67.9 Å². The summed E-state index contributed by atoms with van der Waals surface area (Å²) < 4.78 is 29.8. The van der Waals surface area contributed by atoms with Gasteiger partial charge in [0.25, 0.3) is 0 Å². The van der Waals surface area contributed by atoms with E-state index in [-0.39, 0.29) is 5.75 Å². The lowest BCUT2D eigenvalue weighted by molar-refractivity contribution is -0.160. The Morgan fingerprint density at radius 1 is 1.15 bits per heavy atom. The number of hydrogen-bond donors (Lipinski definition) is 2. The maximum Gasteiger partial charge on any atom is 0.337 e. The standard InChI is InChI=1S/C38H46FN5O4/c1-20-26-9-8-14-47-34(26)29(39)18-27(20)33-28-19-30(44(7)36(28)41-21(2)32(33)35(37(45)46)48-38(3,4)5)22-12-13-40-31(15-22)42-23-16-24-10-11-25(17-23)43(24)6/h12-13,15,18-19,23-25,35H,8-11,14,16-17H2,1-7H3,(H,40,42)(H,45,46)/t23?,24-,25+,35-/m0/s1. The molecule has 254 valence electrons. The van der Waals surface area contributed by atoms with Crippen molar-refractivity contribution in [3.05, 3.63) is 58.7 Å². The van der Waals surface area contributed by atoms with Gasteiger partial charge in [-0.2, -0.15) is 0 Å². The summed E-state index contributed by atoms with van der Waals surface area (Å²) in [6.45, 7) is 9.74. The number of benzene rings is 1. The summed E-state index contributed by atoms with van der Waals surface area (Å²) >= 11 is 0. The number of fused-ring (bicyclic) bond motifs is 4. The Balaban J connectivity index is 1.39. The second kappa shape index (κ2) is 12.1. The van der Waals surface area contributed by atoms with E-state index in [1.54, 1.807) is 0 Å². The van der Waals surface area contributed by atoms with E-state index in [1.165, 1.54) is 18.9 Å². The van der Waals surface area contributed by atoms with Crippen molar-refractivity contribution in [3.8, 4) is 28.1 Å². The lowest BCUT2D eigenvalue weighted by Gasteiger charge is -2.36. The third-order valence-corrected chi connectivity index (χ3v) is 10.6. The second-order valence-corrected chi connectivity index (χ2v) is 14.8. The first-order chi connectivity index (χ1) is 22.8. The maximum absolute atomic E-state index is 15.8. The van der Waals surface area contributed by atoms with Crippen LogP contribution >= 0.6 is 0 Å². The SMILES string of the molecule is Cc1nc2c(cc(-c3ccnc(NC4C[C@H]5CC[C@@H](C4)N5C)c3)n2C)c(-c2cc(F)c3c(c2C)CCCO3)c1[C@H](OC(C)(C)C)C(=O)O. The van der Waals surface area contributed by atoms with Crippen molar-refractivity contribution in [2.75, 3.05) is 19.0 Å². The molecule has 3 aliphatic rings. The minimum Gasteiger partial charge on any atom is -0.490 e. The third-order valence-electron chi connectivity index (χ3n) is 10.6. The first kappa shape index (κ1) is 32.5. The summed E-state index contributed by atoms with van der Waals surface area (Å²) in [6.07, 6.45) is 6.68. The largest absolute Gasteiger partial charge is 0.490 e. The number of nitrogens with one attached hydrogen (secondary N) is 1. The Morgan fingerprint density at radius 3 is 2.56 bits per heavy atom. The molecule has 3 aromatic heterocycles. The van der Waals surface area contributed by atoms with E-state index < -0.39 is 23.5 Å². The number of nitrogens with zero attached hydrogens (tertiary/aromatic N) is 4. The van der Waals surface area contributed by atoms with Gasteiger partial charge in [-0.25, -0.2) is 19.2 Å². The van der Waals surface area contributed by atoms with Crippen LogP contribution in [0.15, 0.2) is 30.5 Å². The molecule has 2 N–H and O–H groups in total. The molecule has 4 aromatic rings. The second-order valence-electron chi connectivity index (χ2n) is 14.8. The average Bonchev–Trinajstić information content (AvgIpc) is 3.45. The third kappa shape index (κ3) is 5.72. The quantitative estimate of drug-likeness (QED) is 0.213. The van der Waals surface area contributed by atoms with Gasteiger partial charge >= 0.3 is 5.97 Å². The van der Waals surface area contributed by atoms with Crippen molar-refractivity contribution >= 4 is 22.8 Å². The fraction of sp³-hybridized carbons (Fsp3) is 0.500. The molecule has 0 amide bonds. The lowest BCUT2D eigenvalue weighted by atomic mass is 9.86. The Kier molecular flexibility index (Phi) is 8.23. The van der Waals surface area contributed by atoms with Gasteiger partial charge in [0.15, 0.2) is 17.7 Å². The first-order valence-corrected chi connectivity index (χ1v) is 17.1. The molecule has 1 aromatic carbocycles. The molecule has 2 bridgehead atoms. The number of carbonyl (C=O) groups is 1. The van der Waals surface area contributed by atoms with Gasteiger partial charge in [-0.05, 0) is 116 Å². The topological polar surface area (TPSA) is 102 Å². The molecular formula is C38H46FN5O4. The molecule has 6 heterocycles. The molecule has 7 rings (SSSR count). The average molecular weight is 656 g/mol. The summed E-state index contributed by atoms with van der Waals surface area (Å²) in [5, 5.41) is 15.0. The number of anilines is 1. The molecule has 48 heavy (non-hydrogen) atoms. The summed E-state index contributed by atoms with van der Waals surface area (Å²) in [5.41, 5.74) is 5.63. The number of aryl methyl sites for hydroxylation is 2. The summed E-state index contributed by atoms with van der Waals surface area (Å²) in [6, 6.07) is 9.19. The highest BCUT2D eigenvalue weighted by atomic mass is 19.1. The van der Waals surface area contributed by atoms with Gasteiger partial charge in [-0.15, -0.1) is 0 Å². The smallest absolute Gasteiger partial charge is 0.337 e. The van der Waals surface area contributed by atoms with Crippen molar-refractivity contribution in [1.29, 1.82) is 0 Å². The van der Waals surface area contributed by atoms with E-state index in [9.17, 15) is 9.90 Å². The molecule has 2 saturated heterocycles. The van der Waals surface area contributed by atoms with E-state index in [0.717, 1.165) is 52.9 Å². The van der Waals surface area contributed by atoms with Gasteiger partial charge in [-0.3, -0.25) is 0 Å². The van der Waals surface area contributed by atoms with Crippen LogP contribution in [0.3, 0.4) is 0 Å². The van der Waals surface area contributed by atoms with Crippen molar-refractivity contribution in [2.45, 2.75) is 103 Å². The maximum atomic E-state index is 15.8. The zero-order valence-corrected chi connectivity index (χ0v) is 29.0. The zero-order valence-electron chi connectivity index (χ0n) is 29.0. The van der Waals surface area contributed by atoms with Gasteiger partial charge in [0.1, 0.15) is 11.5 Å². The number of carboxylic acids is 1. The Bertz CT molecular complexity index is 1900. The molecule has 0 aliphatic carbocycles. The number of pyridine rings is 2. The Morgan fingerprint density at radius 2 is 1.88 bits per heavy atom. The van der Waals surface area contributed by atoms with Crippen molar-refractivity contribution < 1.29 is 23.8 Å². The molecule has 3 aliphatic heterocycles. The number of rotatable bonds is 7. The van der Waals surface area contributed by atoms with Crippen LogP contribution in [-0.2, 0) is 23.0 Å². The van der Waals surface area contributed by atoms with Gasteiger partial charge in [0, 0.05) is 64.7 Å². The molecule has 1 unspecified atom stereocenters. The van der Waals surface area contributed by atoms with E-state index in [0.29, 0.717) is 59.2 Å². The van der Waals surface area contributed by atoms with Gasteiger partial charge in [0.05, 0.1) is 17.9 Å². The summed E-state index contributed by atoms with van der Waals surface area (Å²) in [7, 11) is 4.21. The normalized spacial score (nSPS) is 21.6. The van der Waals surface area contributed by atoms with E-state index >= 15 is 4.39 Å².